The van der Waals surface area contributed by atoms with E-state index in [-0.39, 0.29) is 17.6 Å². The van der Waals surface area contributed by atoms with Crippen LogP contribution in [0.1, 0.15) is 42.3 Å². The van der Waals surface area contributed by atoms with Gasteiger partial charge in [-0.3, -0.25) is 4.57 Å². The monoisotopic (exact) mass is 471 g/mol. The van der Waals surface area contributed by atoms with Crippen LogP contribution < -0.4 is 5.32 Å². The highest BCUT2D eigenvalue weighted by molar-refractivity contribution is 5.87. The Bertz CT molecular complexity index is 1240. The number of aromatic carboxylic acids is 1. The molecule has 5 N–H and O–H groups in total. The van der Waals surface area contributed by atoms with E-state index in [1.807, 2.05) is 0 Å². The lowest BCUT2D eigenvalue weighted by molar-refractivity contribution is -0.0511. The summed E-state index contributed by atoms with van der Waals surface area (Å²) in [6, 6.07) is 0.246. The molecule has 1 aliphatic heterocycles. The predicted octanol–water partition coefficient (Wildman–Crippen LogP) is -0.0778. The number of imidazole rings is 1. The van der Waals surface area contributed by atoms with E-state index in [0.29, 0.717) is 28.8 Å². The maximum Gasteiger partial charge on any atom is 0.338 e. The lowest BCUT2D eigenvalue weighted by Gasteiger charge is -2.23. The molecule has 3 aromatic rings. The van der Waals surface area contributed by atoms with Crippen LogP contribution in [-0.4, -0.2) is 86.7 Å². The van der Waals surface area contributed by atoms with Gasteiger partial charge >= 0.3 is 5.97 Å². The minimum Gasteiger partial charge on any atom is -0.478 e. The van der Waals surface area contributed by atoms with Crippen molar-refractivity contribution in [3.05, 3.63) is 24.3 Å². The lowest BCUT2D eigenvalue weighted by atomic mass is 9.95. The fourth-order valence-corrected chi connectivity index (χ4v) is 5.54. The van der Waals surface area contributed by atoms with Crippen LogP contribution in [0.4, 0.5) is 5.82 Å². The summed E-state index contributed by atoms with van der Waals surface area (Å²) in [4.78, 5) is 24.9. The smallest absolute Gasteiger partial charge is 0.338 e. The van der Waals surface area contributed by atoms with Gasteiger partial charge < -0.3 is 30.5 Å². The molecule has 3 aliphatic rings. The van der Waals surface area contributed by atoms with Crippen molar-refractivity contribution in [2.75, 3.05) is 11.9 Å². The maximum atomic E-state index is 11.3. The molecule has 0 spiro atoms. The molecule has 6 rings (SSSR count). The molecule has 180 valence electrons. The first-order valence-electron chi connectivity index (χ1n) is 11.3. The first-order chi connectivity index (χ1) is 16.4. The number of aliphatic hydroxyl groups excluding tert-OH is 3. The molecule has 13 nitrogen and oxygen atoms in total. The van der Waals surface area contributed by atoms with Gasteiger partial charge in [-0.2, -0.15) is 15.1 Å². The van der Waals surface area contributed by atoms with Crippen LogP contribution >= 0.6 is 0 Å². The molecule has 4 unspecified atom stereocenters. The number of carbonyl (C=O) groups is 1. The van der Waals surface area contributed by atoms with Gasteiger partial charge in [0.1, 0.15) is 18.3 Å². The van der Waals surface area contributed by atoms with Gasteiger partial charge in [0.2, 0.25) is 0 Å². The largest absolute Gasteiger partial charge is 0.478 e. The molecule has 13 heteroatoms. The first kappa shape index (κ1) is 21.4. The number of aromatic nitrogens is 6. The van der Waals surface area contributed by atoms with Gasteiger partial charge in [-0.25, -0.2) is 14.5 Å². The Balaban J connectivity index is 1.44. The van der Waals surface area contributed by atoms with Crippen molar-refractivity contribution in [3.8, 4) is 5.95 Å². The second-order valence-electron chi connectivity index (χ2n) is 9.33. The molecule has 0 radical (unpaired) electrons. The van der Waals surface area contributed by atoms with Gasteiger partial charge in [0.25, 0.3) is 5.95 Å². The van der Waals surface area contributed by atoms with Gasteiger partial charge in [-0.1, -0.05) is 6.42 Å². The van der Waals surface area contributed by atoms with Gasteiger partial charge in [0, 0.05) is 12.2 Å². The number of fused-ring (bicyclic) bond motifs is 3. The highest BCUT2D eigenvalue weighted by Crippen LogP contribution is 2.46. The van der Waals surface area contributed by atoms with Gasteiger partial charge in [-0.15, -0.1) is 0 Å². The van der Waals surface area contributed by atoms with Crippen molar-refractivity contribution in [1.29, 1.82) is 0 Å². The number of hydrogen-bond acceptors (Lipinski definition) is 10. The minimum atomic E-state index is -1.31. The molecular formula is C21H25N7O6. The molecule has 7 atom stereocenters. The quantitative estimate of drug-likeness (QED) is 0.324. The molecule has 2 aliphatic carbocycles. The average molecular weight is 471 g/mol. The van der Waals surface area contributed by atoms with Crippen LogP contribution in [0.3, 0.4) is 0 Å². The van der Waals surface area contributed by atoms with E-state index >= 15 is 0 Å². The number of rotatable bonds is 6. The molecule has 1 saturated heterocycles. The Morgan fingerprint density at radius 1 is 1.21 bits per heavy atom. The Kier molecular flexibility index (Phi) is 5.02. The number of carboxylic acids is 1. The fourth-order valence-electron chi connectivity index (χ4n) is 5.54. The van der Waals surface area contributed by atoms with Crippen LogP contribution in [0.25, 0.3) is 17.1 Å². The van der Waals surface area contributed by atoms with E-state index in [0.717, 1.165) is 6.42 Å². The van der Waals surface area contributed by atoms with E-state index < -0.39 is 37.1 Å². The van der Waals surface area contributed by atoms with Crippen molar-refractivity contribution in [2.45, 2.75) is 56.3 Å². The molecule has 34 heavy (non-hydrogen) atoms. The Labute approximate surface area is 193 Å². The number of hydrogen-bond donors (Lipinski definition) is 5. The number of nitrogens with zero attached hydrogens (tertiary/aromatic N) is 6. The molecule has 0 amide bonds. The molecule has 2 saturated carbocycles. The third-order valence-corrected chi connectivity index (χ3v) is 7.30. The Morgan fingerprint density at radius 2 is 2.06 bits per heavy atom. The number of nitrogens with one attached hydrogen (secondary N) is 1. The standard InChI is InChI=1S/C21H25N7O6/c29-7-13-15(30)16(31)19(34-13)27-8-22-14-17(24-12-4-9-1-2-10(12)3-9)25-21(26-18(14)27)28-6-11(5-23-28)20(32)33/h5-6,8-10,12-13,15-16,19,29-31H,1-4,7H2,(H,32,33)(H,24,25,26)/t9?,10?,12?,13-,15-,16+,19?/m1/s1. The van der Waals surface area contributed by atoms with Gasteiger partial charge in [-0.05, 0) is 31.1 Å². The summed E-state index contributed by atoms with van der Waals surface area (Å²) in [6.45, 7) is -0.454. The van der Waals surface area contributed by atoms with E-state index in [2.05, 4.69) is 25.4 Å². The summed E-state index contributed by atoms with van der Waals surface area (Å²) >= 11 is 0. The predicted molar refractivity (Wildman–Crippen MR) is 115 cm³/mol. The van der Waals surface area contributed by atoms with Crippen molar-refractivity contribution >= 4 is 23.0 Å². The summed E-state index contributed by atoms with van der Waals surface area (Å²) in [6.07, 6.45) is 4.07. The first-order valence-corrected chi connectivity index (χ1v) is 11.3. The Morgan fingerprint density at radius 3 is 2.71 bits per heavy atom. The van der Waals surface area contributed by atoms with Gasteiger partial charge in [0.15, 0.2) is 23.2 Å². The van der Waals surface area contributed by atoms with Crippen molar-refractivity contribution in [2.24, 2.45) is 11.8 Å². The molecule has 3 fully saturated rings. The topological polar surface area (TPSA) is 181 Å². The van der Waals surface area contributed by atoms with Crippen LogP contribution in [0.15, 0.2) is 18.7 Å². The Hall–Kier alpha value is -3.13. The van der Waals surface area contributed by atoms with Crippen molar-refractivity contribution < 1.29 is 30.0 Å². The van der Waals surface area contributed by atoms with E-state index in [1.165, 1.54) is 47.2 Å². The SMILES string of the molecule is O=C(O)c1cnn(-c2nc(NC3CC4CCC3C4)c3ncn(C4O[C@H](CO)[C@@H](O)[C@@H]4O)c3n2)c1. The van der Waals surface area contributed by atoms with E-state index in [9.17, 15) is 25.2 Å². The lowest BCUT2D eigenvalue weighted by Crippen LogP contribution is -2.33. The zero-order valence-corrected chi connectivity index (χ0v) is 18.1. The summed E-state index contributed by atoms with van der Waals surface area (Å²) < 4.78 is 8.43. The second kappa shape index (κ2) is 7.98. The van der Waals surface area contributed by atoms with Crippen LogP contribution in [0, 0.1) is 11.8 Å². The molecule has 3 aromatic heterocycles. The fraction of sp³-hybridized carbons (Fsp3) is 0.571. The molecule has 4 heterocycles. The van der Waals surface area contributed by atoms with E-state index in [4.69, 9.17) is 4.74 Å². The highest BCUT2D eigenvalue weighted by atomic mass is 16.6. The number of ether oxygens (including phenoxy) is 1. The number of carboxylic acid groups (broad SMARTS) is 1. The highest BCUT2D eigenvalue weighted by Gasteiger charge is 2.44. The van der Waals surface area contributed by atoms with Crippen LogP contribution in [-0.2, 0) is 4.74 Å². The molecular weight excluding hydrogens is 446 g/mol. The van der Waals surface area contributed by atoms with Crippen LogP contribution in [0.2, 0.25) is 0 Å². The summed E-state index contributed by atoms with van der Waals surface area (Å²) in [5, 5.41) is 47.1. The normalized spacial score (nSPS) is 32.6. The third kappa shape index (κ3) is 3.35. The number of aliphatic hydroxyl groups is 3. The summed E-state index contributed by atoms with van der Waals surface area (Å²) in [5.74, 6) is 0.753. The summed E-state index contributed by atoms with van der Waals surface area (Å²) in [5.41, 5.74) is 0.760. The summed E-state index contributed by atoms with van der Waals surface area (Å²) in [7, 11) is 0. The maximum absolute atomic E-state index is 11.3. The zero-order valence-electron chi connectivity index (χ0n) is 18.1. The van der Waals surface area contributed by atoms with E-state index in [1.54, 1.807) is 0 Å². The van der Waals surface area contributed by atoms with Crippen molar-refractivity contribution in [3.63, 3.8) is 0 Å². The third-order valence-electron chi connectivity index (χ3n) is 7.30. The van der Waals surface area contributed by atoms with Gasteiger partial charge in [0.05, 0.1) is 24.7 Å². The van der Waals surface area contributed by atoms with Crippen molar-refractivity contribution in [1.82, 2.24) is 29.3 Å². The molecule has 0 aromatic carbocycles. The minimum absolute atomic E-state index is 0.0109. The van der Waals surface area contributed by atoms with Crippen LogP contribution in [0.5, 0.6) is 0 Å². The molecule has 2 bridgehead atoms. The second-order valence-corrected chi connectivity index (χ2v) is 9.33. The zero-order chi connectivity index (χ0) is 23.6. The number of anilines is 1. The average Bonchev–Trinajstić information content (AvgIpc) is 3.64.